The average Bonchev–Trinajstić information content (AvgIpc) is 3.42. The Kier molecular flexibility index (Phi) is 6.72. The predicted octanol–water partition coefficient (Wildman–Crippen LogP) is 4.34. The molecule has 0 saturated carbocycles. The van der Waals surface area contributed by atoms with Crippen molar-refractivity contribution >= 4 is 5.91 Å². The van der Waals surface area contributed by atoms with Crippen LogP contribution in [0.1, 0.15) is 27.7 Å². The number of amides is 1. The number of morpholine rings is 1. The molecule has 1 aliphatic heterocycles. The zero-order valence-electron chi connectivity index (χ0n) is 19.4. The lowest BCUT2D eigenvalue weighted by Crippen LogP contribution is -2.42. The molecule has 0 radical (unpaired) electrons. The number of hydrogen-bond acceptors (Lipinski definition) is 6. The first-order chi connectivity index (χ1) is 17.2. The van der Waals surface area contributed by atoms with Crippen LogP contribution >= 0.6 is 0 Å². The predicted molar refractivity (Wildman–Crippen MR) is 130 cm³/mol. The van der Waals surface area contributed by atoms with E-state index in [4.69, 9.17) is 14.2 Å². The van der Waals surface area contributed by atoms with Gasteiger partial charge < -0.3 is 23.7 Å². The standard InChI is InChI=1S/C27H26N4O4/c1-33-22-8-10-23(11-9-22)35-26-7-3-6-24(29-26)25-18-31(14-15-34-25)27(32)21-5-2-4-20(16-21)17-30-13-12-28-19-30/h2-13,16,19,25H,14-15,17-18H2,1H3/t25-/m1/s1. The van der Waals surface area contributed by atoms with E-state index in [1.54, 1.807) is 25.7 Å². The van der Waals surface area contributed by atoms with Crippen LogP contribution in [0.3, 0.4) is 0 Å². The molecule has 2 aromatic carbocycles. The molecule has 1 saturated heterocycles. The second-order valence-corrected chi connectivity index (χ2v) is 8.22. The summed E-state index contributed by atoms with van der Waals surface area (Å²) in [6, 6.07) is 20.6. The first-order valence-electron chi connectivity index (χ1n) is 11.4. The van der Waals surface area contributed by atoms with Crippen LogP contribution in [0.5, 0.6) is 17.4 Å². The molecule has 0 N–H and O–H groups in total. The summed E-state index contributed by atoms with van der Waals surface area (Å²) in [6.45, 7) is 2.06. The second kappa shape index (κ2) is 10.4. The van der Waals surface area contributed by atoms with Crippen molar-refractivity contribution in [3.63, 3.8) is 0 Å². The van der Waals surface area contributed by atoms with Crippen molar-refractivity contribution in [2.75, 3.05) is 26.8 Å². The maximum absolute atomic E-state index is 13.3. The average molecular weight is 471 g/mol. The molecule has 0 bridgehead atoms. The lowest BCUT2D eigenvalue weighted by atomic mass is 10.1. The fourth-order valence-electron chi connectivity index (χ4n) is 4.02. The molecule has 1 aliphatic rings. The number of methoxy groups -OCH3 is 1. The highest BCUT2D eigenvalue weighted by Crippen LogP contribution is 2.27. The van der Waals surface area contributed by atoms with E-state index in [0.29, 0.717) is 43.4 Å². The third-order valence-electron chi connectivity index (χ3n) is 5.81. The monoisotopic (exact) mass is 470 g/mol. The van der Waals surface area contributed by atoms with Crippen LogP contribution in [0.2, 0.25) is 0 Å². The minimum Gasteiger partial charge on any atom is -0.497 e. The van der Waals surface area contributed by atoms with Gasteiger partial charge in [0.2, 0.25) is 5.88 Å². The molecule has 3 heterocycles. The summed E-state index contributed by atoms with van der Waals surface area (Å²) in [6.07, 6.45) is 5.08. The number of aromatic nitrogens is 3. The molecule has 1 fully saturated rings. The van der Waals surface area contributed by atoms with Gasteiger partial charge >= 0.3 is 0 Å². The molecule has 5 rings (SSSR count). The number of rotatable bonds is 7. The molecular formula is C27H26N4O4. The van der Waals surface area contributed by atoms with Crippen molar-refractivity contribution < 1.29 is 19.0 Å². The normalized spacial score (nSPS) is 15.6. The van der Waals surface area contributed by atoms with Crippen molar-refractivity contribution in [2.45, 2.75) is 12.6 Å². The van der Waals surface area contributed by atoms with Gasteiger partial charge in [-0.15, -0.1) is 0 Å². The molecule has 8 heteroatoms. The molecule has 0 aliphatic carbocycles. The molecule has 178 valence electrons. The quantitative estimate of drug-likeness (QED) is 0.400. The van der Waals surface area contributed by atoms with Crippen molar-refractivity contribution in [1.82, 2.24) is 19.4 Å². The van der Waals surface area contributed by atoms with E-state index in [1.165, 1.54) is 0 Å². The third-order valence-corrected chi connectivity index (χ3v) is 5.81. The number of benzene rings is 2. The molecule has 0 spiro atoms. The van der Waals surface area contributed by atoms with Crippen molar-refractivity contribution in [3.05, 3.63) is 102 Å². The highest BCUT2D eigenvalue weighted by Gasteiger charge is 2.27. The Balaban J connectivity index is 1.26. The fraction of sp³-hybridized carbons (Fsp3) is 0.222. The Hall–Kier alpha value is -4.17. The summed E-state index contributed by atoms with van der Waals surface area (Å²) in [7, 11) is 1.62. The van der Waals surface area contributed by atoms with Gasteiger partial charge in [0, 0.05) is 37.1 Å². The smallest absolute Gasteiger partial charge is 0.254 e. The molecule has 35 heavy (non-hydrogen) atoms. The summed E-state index contributed by atoms with van der Waals surface area (Å²) in [5, 5.41) is 0. The van der Waals surface area contributed by atoms with Gasteiger partial charge in [0.25, 0.3) is 5.91 Å². The third kappa shape index (κ3) is 5.50. The highest BCUT2D eigenvalue weighted by molar-refractivity contribution is 5.94. The minimum absolute atomic E-state index is 0.0172. The van der Waals surface area contributed by atoms with Crippen LogP contribution in [0.4, 0.5) is 0 Å². The first kappa shape index (κ1) is 22.6. The Bertz CT molecular complexity index is 1270. The summed E-state index contributed by atoms with van der Waals surface area (Å²) >= 11 is 0. The zero-order chi connectivity index (χ0) is 24.0. The van der Waals surface area contributed by atoms with Gasteiger partial charge in [0.1, 0.15) is 17.6 Å². The SMILES string of the molecule is COc1ccc(Oc2cccc([C@H]3CN(C(=O)c4cccc(Cn5ccnc5)c4)CCO3)n2)cc1. The van der Waals surface area contributed by atoms with Gasteiger partial charge in [0.05, 0.1) is 32.3 Å². The summed E-state index contributed by atoms with van der Waals surface area (Å²) in [5.74, 6) is 1.86. The number of hydrogen-bond donors (Lipinski definition) is 0. The van der Waals surface area contributed by atoms with E-state index in [2.05, 4.69) is 9.97 Å². The second-order valence-electron chi connectivity index (χ2n) is 8.22. The Labute approximate surface area is 203 Å². The van der Waals surface area contributed by atoms with Crippen molar-refractivity contribution in [1.29, 1.82) is 0 Å². The number of pyridine rings is 1. The van der Waals surface area contributed by atoms with E-state index in [0.717, 1.165) is 17.0 Å². The molecule has 0 unspecified atom stereocenters. The van der Waals surface area contributed by atoms with Crippen LogP contribution in [-0.2, 0) is 11.3 Å². The molecule has 2 aromatic heterocycles. The summed E-state index contributed by atoms with van der Waals surface area (Å²) < 4.78 is 19.0. The van der Waals surface area contributed by atoms with Crippen molar-refractivity contribution in [2.24, 2.45) is 0 Å². The van der Waals surface area contributed by atoms with Gasteiger partial charge in [-0.2, -0.15) is 0 Å². The van der Waals surface area contributed by atoms with Gasteiger partial charge in [-0.05, 0) is 48.0 Å². The topological polar surface area (TPSA) is 78.7 Å². The molecule has 1 amide bonds. The molecule has 1 atom stereocenters. The highest BCUT2D eigenvalue weighted by atomic mass is 16.5. The fourth-order valence-corrected chi connectivity index (χ4v) is 4.02. The molecule has 4 aromatic rings. The largest absolute Gasteiger partial charge is 0.497 e. The van der Waals surface area contributed by atoms with Gasteiger partial charge in [-0.1, -0.05) is 18.2 Å². The summed E-state index contributed by atoms with van der Waals surface area (Å²) in [4.78, 5) is 23.8. The van der Waals surface area contributed by atoms with Crippen LogP contribution in [0, 0.1) is 0 Å². The lowest BCUT2D eigenvalue weighted by molar-refractivity contribution is -0.0248. The van der Waals surface area contributed by atoms with E-state index >= 15 is 0 Å². The maximum atomic E-state index is 13.3. The Morgan fingerprint density at radius 3 is 2.71 bits per heavy atom. The van der Waals surface area contributed by atoms with E-state index in [1.807, 2.05) is 76.3 Å². The summed E-state index contributed by atoms with van der Waals surface area (Å²) in [5.41, 5.74) is 2.43. The number of carbonyl (C=O) groups excluding carboxylic acids is 1. The lowest BCUT2D eigenvalue weighted by Gasteiger charge is -2.33. The maximum Gasteiger partial charge on any atom is 0.254 e. The molecule has 8 nitrogen and oxygen atoms in total. The van der Waals surface area contributed by atoms with Gasteiger partial charge in [-0.3, -0.25) is 4.79 Å². The van der Waals surface area contributed by atoms with Gasteiger partial charge in [-0.25, -0.2) is 9.97 Å². The Morgan fingerprint density at radius 2 is 1.91 bits per heavy atom. The van der Waals surface area contributed by atoms with Crippen molar-refractivity contribution in [3.8, 4) is 17.4 Å². The number of nitrogens with zero attached hydrogens (tertiary/aromatic N) is 4. The van der Waals surface area contributed by atoms with E-state index in [-0.39, 0.29) is 12.0 Å². The van der Waals surface area contributed by atoms with E-state index in [9.17, 15) is 4.79 Å². The van der Waals surface area contributed by atoms with E-state index < -0.39 is 0 Å². The van der Waals surface area contributed by atoms with Crippen LogP contribution < -0.4 is 9.47 Å². The molecular weight excluding hydrogens is 444 g/mol. The zero-order valence-corrected chi connectivity index (χ0v) is 19.4. The van der Waals surface area contributed by atoms with Crippen LogP contribution in [-0.4, -0.2) is 52.1 Å². The van der Waals surface area contributed by atoms with Crippen LogP contribution in [0.25, 0.3) is 0 Å². The number of ether oxygens (including phenoxy) is 3. The van der Waals surface area contributed by atoms with Gasteiger partial charge in [0.15, 0.2) is 0 Å². The van der Waals surface area contributed by atoms with Crippen LogP contribution in [0.15, 0.2) is 85.5 Å². The number of carbonyl (C=O) groups is 1. The number of imidazole rings is 1. The first-order valence-corrected chi connectivity index (χ1v) is 11.4. The Morgan fingerprint density at radius 1 is 1.09 bits per heavy atom. The minimum atomic E-state index is -0.332.